The number of hydrogen-bond acceptors (Lipinski definition) is 6. The van der Waals surface area contributed by atoms with Crippen molar-refractivity contribution in [2.75, 3.05) is 10.6 Å². The van der Waals surface area contributed by atoms with Crippen LogP contribution in [0.1, 0.15) is 26.3 Å². The van der Waals surface area contributed by atoms with Crippen molar-refractivity contribution >= 4 is 34.6 Å². The van der Waals surface area contributed by atoms with Gasteiger partial charge in [0.25, 0.3) is 0 Å². The molecule has 0 bridgehead atoms. The highest BCUT2D eigenvalue weighted by molar-refractivity contribution is 6.31. The fraction of sp³-hybridized carbons (Fsp3) is 0.333. The molecule has 0 fully saturated rings. The highest BCUT2D eigenvalue weighted by atomic mass is 35.5. The zero-order valence-electron chi connectivity index (χ0n) is 14.0. The quantitative estimate of drug-likeness (QED) is 0.564. The van der Waals surface area contributed by atoms with Gasteiger partial charge < -0.3 is 10.6 Å². The maximum Gasteiger partial charge on any atom is 0.417 e. The van der Waals surface area contributed by atoms with E-state index >= 15 is 0 Å². The van der Waals surface area contributed by atoms with Gasteiger partial charge in [-0.3, -0.25) is 10.1 Å². The Hall–Kier alpha value is -2.62. The number of alkyl halides is 3. The number of nitrogens with zero attached hydrogens (tertiary/aromatic N) is 3. The maximum absolute atomic E-state index is 13.0. The van der Waals surface area contributed by atoms with Gasteiger partial charge in [-0.15, -0.1) is 0 Å². The lowest BCUT2D eigenvalue weighted by atomic mass is 10.1. The third-order valence-corrected chi connectivity index (χ3v) is 3.36. The van der Waals surface area contributed by atoms with E-state index in [0.29, 0.717) is 0 Å². The normalized spacial score (nSPS) is 12.0. The van der Waals surface area contributed by atoms with E-state index in [0.717, 1.165) is 18.5 Å². The van der Waals surface area contributed by atoms with Crippen molar-refractivity contribution in [1.82, 2.24) is 9.97 Å². The predicted molar refractivity (Wildman–Crippen MR) is 91.8 cm³/mol. The Morgan fingerprint density at radius 3 is 2.31 bits per heavy atom. The number of rotatable bonds is 4. The van der Waals surface area contributed by atoms with Gasteiger partial charge in [0, 0.05) is 11.2 Å². The van der Waals surface area contributed by atoms with Crippen LogP contribution in [0, 0.1) is 10.1 Å². The van der Waals surface area contributed by atoms with Crippen molar-refractivity contribution in [3.05, 3.63) is 45.2 Å². The number of anilines is 3. The largest absolute Gasteiger partial charge is 0.417 e. The monoisotopic (exact) mass is 389 g/mol. The maximum atomic E-state index is 13.0. The zero-order valence-corrected chi connectivity index (χ0v) is 14.7. The first-order valence-corrected chi connectivity index (χ1v) is 7.67. The summed E-state index contributed by atoms with van der Waals surface area (Å²) in [7, 11) is 0. The molecule has 0 saturated heterocycles. The Balaban J connectivity index is 2.47. The van der Waals surface area contributed by atoms with Crippen LogP contribution in [0.2, 0.25) is 5.02 Å². The van der Waals surface area contributed by atoms with Crippen LogP contribution in [0.25, 0.3) is 0 Å². The van der Waals surface area contributed by atoms with Crippen molar-refractivity contribution in [2.45, 2.75) is 32.5 Å². The lowest BCUT2D eigenvalue weighted by Gasteiger charge is -2.21. The molecule has 0 saturated carbocycles. The van der Waals surface area contributed by atoms with Crippen molar-refractivity contribution in [1.29, 1.82) is 0 Å². The molecule has 0 spiro atoms. The third-order valence-electron chi connectivity index (χ3n) is 3.03. The van der Waals surface area contributed by atoms with E-state index in [1.807, 2.05) is 0 Å². The van der Waals surface area contributed by atoms with Gasteiger partial charge in [-0.1, -0.05) is 11.6 Å². The fourth-order valence-corrected chi connectivity index (χ4v) is 2.27. The van der Waals surface area contributed by atoms with E-state index in [9.17, 15) is 23.3 Å². The molecule has 1 aromatic heterocycles. The molecule has 0 aliphatic heterocycles. The highest BCUT2D eigenvalue weighted by Gasteiger charge is 2.34. The van der Waals surface area contributed by atoms with Crippen molar-refractivity contribution in [2.24, 2.45) is 0 Å². The molecular formula is C15H15ClF3N5O2. The van der Waals surface area contributed by atoms with Gasteiger partial charge in [0.1, 0.15) is 6.33 Å². The first-order valence-electron chi connectivity index (χ1n) is 7.30. The number of nitro groups is 1. The van der Waals surface area contributed by atoms with Crippen LogP contribution in [0.4, 0.5) is 36.2 Å². The Morgan fingerprint density at radius 2 is 1.77 bits per heavy atom. The van der Waals surface area contributed by atoms with Gasteiger partial charge in [0.05, 0.1) is 15.5 Å². The Labute approximate surface area is 151 Å². The molecule has 0 aliphatic rings. The smallest absolute Gasteiger partial charge is 0.360 e. The van der Waals surface area contributed by atoms with Gasteiger partial charge in [0.2, 0.25) is 11.6 Å². The minimum atomic E-state index is -4.66. The molecule has 0 unspecified atom stereocenters. The molecule has 2 aromatic rings. The molecule has 0 amide bonds. The van der Waals surface area contributed by atoms with Gasteiger partial charge in [-0.25, -0.2) is 9.97 Å². The molecule has 140 valence electrons. The van der Waals surface area contributed by atoms with Crippen LogP contribution in [-0.4, -0.2) is 20.4 Å². The fourth-order valence-electron chi connectivity index (χ4n) is 2.05. The van der Waals surface area contributed by atoms with Crippen LogP contribution in [0.3, 0.4) is 0 Å². The van der Waals surface area contributed by atoms with Gasteiger partial charge in [0.15, 0.2) is 0 Å². The lowest BCUT2D eigenvalue weighted by molar-refractivity contribution is -0.383. The molecule has 1 heterocycles. The molecule has 2 rings (SSSR count). The van der Waals surface area contributed by atoms with Crippen molar-refractivity contribution < 1.29 is 18.1 Å². The summed E-state index contributed by atoms with van der Waals surface area (Å²) in [4.78, 5) is 18.4. The Bertz CT molecular complexity index is 837. The Morgan fingerprint density at radius 1 is 1.15 bits per heavy atom. The number of nitrogens with one attached hydrogen (secondary N) is 2. The van der Waals surface area contributed by atoms with Gasteiger partial charge >= 0.3 is 11.9 Å². The summed E-state index contributed by atoms with van der Waals surface area (Å²) in [6, 6.07) is 3.07. The number of hydrogen-bond donors (Lipinski definition) is 2. The molecule has 0 atom stereocenters. The van der Waals surface area contributed by atoms with E-state index in [1.165, 1.54) is 6.07 Å². The van der Waals surface area contributed by atoms with E-state index < -0.39 is 32.9 Å². The second-order valence-electron chi connectivity index (χ2n) is 6.37. The highest BCUT2D eigenvalue weighted by Crippen LogP contribution is 2.38. The second-order valence-corrected chi connectivity index (χ2v) is 6.78. The van der Waals surface area contributed by atoms with Crippen molar-refractivity contribution in [3.63, 3.8) is 0 Å². The van der Waals surface area contributed by atoms with E-state index in [-0.39, 0.29) is 17.3 Å². The molecule has 11 heteroatoms. The van der Waals surface area contributed by atoms with Crippen LogP contribution < -0.4 is 10.6 Å². The number of aromatic nitrogens is 2. The summed E-state index contributed by atoms with van der Waals surface area (Å²) in [5.41, 5.74) is -2.12. The van der Waals surface area contributed by atoms with Crippen LogP contribution in [-0.2, 0) is 6.18 Å². The molecular weight excluding hydrogens is 375 g/mol. The zero-order chi connectivity index (χ0) is 19.7. The second kappa shape index (κ2) is 6.94. The predicted octanol–water partition coefficient (Wildman–Crippen LogP) is 5.01. The van der Waals surface area contributed by atoms with Gasteiger partial charge in [-0.05, 0) is 39.0 Å². The van der Waals surface area contributed by atoms with Gasteiger partial charge in [-0.2, -0.15) is 13.2 Å². The summed E-state index contributed by atoms with van der Waals surface area (Å²) in [6.07, 6.45) is -3.59. The first kappa shape index (κ1) is 19.7. The van der Waals surface area contributed by atoms with Crippen LogP contribution in [0.15, 0.2) is 24.5 Å². The minimum Gasteiger partial charge on any atom is -0.360 e. The van der Waals surface area contributed by atoms with Crippen LogP contribution >= 0.6 is 11.6 Å². The number of benzene rings is 1. The van der Waals surface area contributed by atoms with Crippen LogP contribution in [0.5, 0.6) is 0 Å². The number of halogens is 4. The summed E-state index contributed by atoms with van der Waals surface area (Å²) >= 11 is 5.57. The summed E-state index contributed by atoms with van der Waals surface area (Å²) < 4.78 is 38.9. The summed E-state index contributed by atoms with van der Waals surface area (Å²) in [6.45, 7) is 5.34. The molecule has 0 radical (unpaired) electrons. The average molecular weight is 390 g/mol. The molecule has 7 nitrogen and oxygen atoms in total. The summed E-state index contributed by atoms with van der Waals surface area (Å²) in [5.74, 6) is -0.294. The minimum absolute atomic E-state index is 0.0507. The molecule has 1 aromatic carbocycles. The third kappa shape index (κ3) is 4.72. The van der Waals surface area contributed by atoms with Crippen molar-refractivity contribution in [3.8, 4) is 0 Å². The first-order chi connectivity index (χ1) is 11.9. The van der Waals surface area contributed by atoms with E-state index in [4.69, 9.17) is 11.6 Å². The lowest BCUT2D eigenvalue weighted by Crippen LogP contribution is -2.27. The van der Waals surface area contributed by atoms with E-state index in [1.54, 1.807) is 20.8 Å². The topological polar surface area (TPSA) is 93.0 Å². The SMILES string of the molecule is CC(C)(C)Nc1ncnc(Nc2ccc(Cl)c(C(F)(F)F)c2)c1[N+](=O)[O-]. The Kier molecular flexibility index (Phi) is 5.26. The molecule has 26 heavy (non-hydrogen) atoms. The molecule has 2 N–H and O–H groups in total. The standard InChI is InChI=1S/C15H15ClF3N5O2/c1-14(2,3)23-13-11(24(25)26)12(20-7-21-13)22-8-4-5-10(16)9(6-8)15(17,18)19/h4-7H,1-3H3,(H2,20,21,22,23). The van der Waals surface area contributed by atoms with E-state index in [2.05, 4.69) is 20.6 Å². The molecule has 0 aliphatic carbocycles. The average Bonchev–Trinajstić information content (AvgIpc) is 2.46. The summed E-state index contributed by atoms with van der Waals surface area (Å²) in [5, 5.41) is 16.4.